The van der Waals surface area contributed by atoms with Crippen molar-refractivity contribution < 1.29 is 13.9 Å². The summed E-state index contributed by atoms with van der Waals surface area (Å²) in [7, 11) is 0. The van der Waals surface area contributed by atoms with E-state index in [0.29, 0.717) is 31.1 Å². The van der Waals surface area contributed by atoms with Gasteiger partial charge in [-0.2, -0.15) is 5.10 Å². The Morgan fingerprint density at radius 1 is 1.12 bits per heavy atom. The highest BCUT2D eigenvalue weighted by Crippen LogP contribution is 2.22. The highest BCUT2D eigenvalue weighted by molar-refractivity contribution is 5.81. The van der Waals surface area contributed by atoms with Crippen molar-refractivity contribution in [1.29, 1.82) is 0 Å². The number of aromatic nitrogens is 2. The number of nitrogens with zero attached hydrogens (tertiary/aromatic N) is 3. The fourth-order valence-corrected chi connectivity index (χ4v) is 4.14. The molecule has 1 fully saturated rings. The fraction of sp³-hybridized carbons (Fsp3) is 0.346. The van der Waals surface area contributed by atoms with E-state index in [9.17, 15) is 14.0 Å². The number of amides is 1. The van der Waals surface area contributed by atoms with Crippen LogP contribution in [0.3, 0.4) is 0 Å². The van der Waals surface area contributed by atoms with E-state index in [1.807, 2.05) is 36.1 Å². The van der Waals surface area contributed by atoms with E-state index < -0.39 is 6.10 Å². The van der Waals surface area contributed by atoms with Crippen molar-refractivity contribution in [1.82, 2.24) is 14.7 Å². The SMILES string of the molecule is Cc1cccc(O[C@H](C)C(=O)N2CCC(Cn3nc(-c4ccc(F)cc4)ccc3=O)CC2)c1. The van der Waals surface area contributed by atoms with Gasteiger partial charge in [-0.3, -0.25) is 9.59 Å². The van der Waals surface area contributed by atoms with Crippen LogP contribution >= 0.6 is 0 Å². The summed E-state index contributed by atoms with van der Waals surface area (Å²) in [6.45, 7) is 5.50. The number of likely N-dealkylation sites (tertiary alicyclic amines) is 1. The van der Waals surface area contributed by atoms with Gasteiger partial charge in [0.25, 0.3) is 11.5 Å². The van der Waals surface area contributed by atoms with E-state index in [1.54, 1.807) is 25.1 Å². The van der Waals surface area contributed by atoms with Crippen molar-refractivity contribution in [3.05, 3.63) is 82.4 Å². The van der Waals surface area contributed by atoms with Crippen molar-refractivity contribution in [2.75, 3.05) is 13.1 Å². The van der Waals surface area contributed by atoms with Crippen LogP contribution in [-0.4, -0.2) is 39.8 Å². The van der Waals surface area contributed by atoms with Gasteiger partial charge in [0.05, 0.1) is 5.69 Å². The molecule has 1 aliphatic rings. The minimum Gasteiger partial charge on any atom is -0.481 e. The van der Waals surface area contributed by atoms with E-state index in [-0.39, 0.29) is 23.2 Å². The van der Waals surface area contributed by atoms with Crippen molar-refractivity contribution in [3.8, 4) is 17.0 Å². The van der Waals surface area contributed by atoms with Crippen LogP contribution in [0.5, 0.6) is 5.75 Å². The van der Waals surface area contributed by atoms with E-state index in [0.717, 1.165) is 24.0 Å². The second-order valence-corrected chi connectivity index (χ2v) is 8.59. The summed E-state index contributed by atoms with van der Waals surface area (Å²) in [5.74, 6) is 0.600. The van der Waals surface area contributed by atoms with Crippen LogP contribution in [0.1, 0.15) is 25.3 Å². The summed E-state index contributed by atoms with van der Waals surface area (Å²) in [4.78, 5) is 27.0. The Kier molecular flexibility index (Phi) is 6.87. The van der Waals surface area contributed by atoms with E-state index in [1.165, 1.54) is 22.9 Å². The molecule has 0 radical (unpaired) electrons. The molecule has 0 saturated carbocycles. The number of hydrogen-bond donors (Lipinski definition) is 0. The van der Waals surface area contributed by atoms with E-state index >= 15 is 0 Å². The van der Waals surface area contributed by atoms with Gasteiger partial charge >= 0.3 is 0 Å². The average molecular weight is 450 g/mol. The second kappa shape index (κ2) is 9.98. The minimum absolute atomic E-state index is 0.0245. The summed E-state index contributed by atoms with van der Waals surface area (Å²) in [5.41, 5.74) is 2.30. The lowest BCUT2D eigenvalue weighted by Gasteiger charge is -2.33. The van der Waals surface area contributed by atoms with Crippen LogP contribution in [0, 0.1) is 18.7 Å². The first-order chi connectivity index (χ1) is 15.9. The van der Waals surface area contributed by atoms with Gasteiger partial charge in [-0.1, -0.05) is 12.1 Å². The molecule has 0 spiro atoms. The third-order valence-electron chi connectivity index (χ3n) is 6.01. The molecule has 2 heterocycles. The zero-order valence-corrected chi connectivity index (χ0v) is 18.9. The normalized spacial score (nSPS) is 15.3. The summed E-state index contributed by atoms with van der Waals surface area (Å²) >= 11 is 0. The summed E-state index contributed by atoms with van der Waals surface area (Å²) in [5, 5.41) is 4.48. The number of rotatable bonds is 6. The smallest absolute Gasteiger partial charge is 0.266 e. The lowest BCUT2D eigenvalue weighted by molar-refractivity contribution is -0.139. The maximum Gasteiger partial charge on any atom is 0.266 e. The lowest BCUT2D eigenvalue weighted by Crippen LogP contribution is -2.45. The first kappa shape index (κ1) is 22.7. The molecule has 2 aromatic carbocycles. The number of benzene rings is 2. The second-order valence-electron chi connectivity index (χ2n) is 8.59. The predicted octanol–water partition coefficient (Wildman–Crippen LogP) is 4.06. The molecule has 0 N–H and O–H groups in total. The molecule has 1 saturated heterocycles. The number of hydrogen-bond acceptors (Lipinski definition) is 4. The third-order valence-corrected chi connectivity index (χ3v) is 6.01. The van der Waals surface area contributed by atoms with Crippen molar-refractivity contribution in [2.45, 2.75) is 39.3 Å². The molecule has 0 bridgehead atoms. The van der Waals surface area contributed by atoms with Crippen LogP contribution in [0.4, 0.5) is 4.39 Å². The molecular formula is C26H28FN3O3. The number of halogens is 1. The monoisotopic (exact) mass is 449 g/mol. The number of carbonyl (C=O) groups is 1. The van der Waals surface area contributed by atoms with Gasteiger partial charge in [0, 0.05) is 31.3 Å². The Bertz CT molecular complexity index is 1170. The number of ether oxygens (including phenoxy) is 1. The van der Waals surface area contributed by atoms with Crippen LogP contribution in [0.25, 0.3) is 11.3 Å². The molecule has 1 amide bonds. The molecule has 1 aromatic heterocycles. The Hall–Kier alpha value is -3.48. The van der Waals surface area contributed by atoms with Gasteiger partial charge in [0.1, 0.15) is 11.6 Å². The quantitative estimate of drug-likeness (QED) is 0.569. The standard InChI is InChI=1S/C26H28FN3O3/c1-18-4-3-5-23(16-18)33-19(2)26(32)29-14-12-20(13-15-29)17-30-25(31)11-10-24(28-30)21-6-8-22(27)9-7-21/h3-11,16,19-20H,12-15,17H2,1-2H3/t19-/m1/s1. The van der Waals surface area contributed by atoms with Gasteiger partial charge in [-0.05, 0) is 80.6 Å². The molecule has 7 heteroatoms. The minimum atomic E-state index is -0.556. The molecule has 6 nitrogen and oxygen atoms in total. The van der Waals surface area contributed by atoms with Gasteiger partial charge in [0.2, 0.25) is 0 Å². The van der Waals surface area contributed by atoms with Gasteiger partial charge < -0.3 is 9.64 Å². The summed E-state index contributed by atoms with van der Waals surface area (Å²) in [6.07, 6.45) is 1.02. The zero-order valence-electron chi connectivity index (χ0n) is 18.9. The summed E-state index contributed by atoms with van der Waals surface area (Å²) in [6, 6.07) is 16.9. The lowest BCUT2D eigenvalue weighted by atomic mass is 9.96. The predicted molar refractivity (Wildman–Crippen MR) is 124 cm³/mol. The number of aryl methyl sites for hydroxylation is 1. The molecule has 1 atom stereocenters. The van der Waals surface area contributed by atoms with Crippen molar-refractivity contribution >= 4 is 5.91 Å². The third kappa shape index (κ3) is 5.66. The highest BCUT2D eigenvalue weighted by atomic mass is 19.1. The molecule has 0 unspecified atom stereocenters. The molecular weight excluding hydrogens is 421 g/mol. The Morgan fingerprint density at radius 3 is 2.55 bits per heavy atom. The summed E-state index contributed by atoms with van der Waals surface area (Å²) < 4.78 is 20.5. The molecule has 1 aliphatic heterocycles. The first-order valence-corrected chi connectivity index (χ1v) is 11.3. The van der Waals surface area contributed by atoms with Crippen LogP contribution in [0.15, 0.2) is 65.5 Å². The van der Waals surface area contributed by atoms with Crippen LogP contribution in [-0.2, 0) is 11.3 Å². The van der Waals surface area contributed by atoms with Gasteiger partial charge in [-0.15, -0.1) is 0 Å². The maximum atomic E-state index is 13.2. The first-order valence-electron chi connectivity index (χ1n) is 11.3. The van der Waals surface area contributed by atoms with E-state index in [4.69, 9.17) is 4.74 Å². The molecule has 172 valence electrons. The molecule has 33 heavy (non-hydrogen) atoms. The number of piperidine rings is 1. The Balaban J connectivity index is 1.34. The van der Waals surface area contributed by atoms with Crippen LogP contribution < -0.4 is 10.3 Å². The fourth-order valence-electron chi connectivity index (χ4n) is 4.14. The van der Waals surface area contributed by atoms with Crippen molar-refractivity contribution in [3.63, 3.8) is 0 Å². The molecule has 0 aliphatic carbocycles. The Morgan fingerprint density at radius 2 is 1.85 bits per heavy atom. The maximum absolute atomic E-state index is 13.2. The molecule has 4 rings (SSSR count). The van der Waals surface area contributed by atoms with Gasteiger partial charge in [-0.25, -0.2) is 9.07 Å². The molecule has 3 aromatic rings. The highest BCUT2D eigenvalue weighted by Gasteiger charge is 2.27. The zero-order chi connectivity index (χ0) is 23.4. The number of carbonyl (C=O) groups excluding carboxylic acids is 1. The largest absolute Gasteiger partial charge is 0.481 e. The average Bonchev–Trinajstić information content (AvgIpc) is 2.81. The van der Waals surface area contributed by atoms with Crippen molar-refractivity contribution in [2.24, 2.45) is 5.92 Å². The Labute approximate surface area is 192 Å². The van der Waals surface area contributed by atoms with Gasteiger partial charge in [0.15, 0.2) is 6.10 Å². The van der Waals surface area contributed by atoms with Crippen LogP contribution in [0.2, 0.25) is 0 Å². The van der Waals surface area contributed by atoms with E-state index in [2.05, 4.69) is 5.10 Å². The topological polar surface area (TPSA) is 64.4 Å².